The molecule has 33 heavy (non-hydrogen) atoms. The molecule has 2 aromatic rings. The summed E-state index contributed by atoms with van der Waals surface area (Å²) in [6, 6.07) is 9.37. The van der Waals surface area contributed by atoms with Crippen LogP contribution in [0.25, 0.3) is 0 Å². The normalized spacial score (nSPS) is 14.4. The van der Waals surface area contributed by atoms with E-state index in [9.17, 15) is 18.0 Å². The van der Waals surface area contributed by atoms with Crippen molar-refractivity contribution in [3.63, 3.8) is 0 Å². The van der Waals surface area contributed by atoms with E-state index in [4.69, 9.17) is 18.9 Å². The topological polar surface area (TPSA) is 120 Å². The van der Waals surface area contributed by atoms with Gasteiger partial charge in [-0.15, -0.1) is 0 Å². The third-order valence-electron chi connectivity index (χ3n) is 5.03. The zero-order chi connectivity index (χ0) is 24.0. The van der Waals surface area contributed by atoms with Crippen LogP contribution in [0.4, 0.5) is 5.69 Å². The van der Waals surface area contributed by atoms with Crippen molar-refractivity contribution in [3.05, 3.63) is 47.5 Å². The number of benzene rings is 2. The third-order valence-corrected chi connectivity index (χ3v) is 7.07. The molecular weight excluding hydrogens is 452 g/mol. The Morgan fingerprint density at radius 1 is 1.06 bits per heavy atom. The highest BCUT2D eigenvalue weighted by atomic mass is 32.2. The highest BCUT2D eigenvalue weighted by molar-refractivity contribution is 7.89. The van der Waals surface area contributed by atoms with Crippen molar-refractivity contribution in [2.45, 2.75) is 11.8 Å². The Morgan fingerprint density at radius 3 is 2.30 bits per heavy atom. The van der Waals surface area contributed by atoms with E-state index < -0.39 is 28.5 Å². The van der Waals surface area contributed by atoms with Crippen LogP contribution in [0.3, 0.4) is 0 Å². The fourth-order valence-corrected chi connectivity index (χ4v) is 4.99. The van der Waals surface area contributed by atoms with E-state index >= 15 is 0 Å². The number of sulfonamides is 1. The van der Waals surface area contributed by atoms with E-state index in [0.717, 1.165) is 0 Å². The fraction of sp³-hybridized carbons (Fsp3) is 0.364. The van der Waals surface area contributed by atoms with E-state index in [0.29, 0.717) is 18.8 Å². The molecular formula is C22H26N2O8S. The van der Waals surface area contributed by atoms with Gasteiger partial charge >= 0.3 is 5.97 Å². The summed E-state index contributed by atoms with van der Waals surface area (Å²) >= 11 is 0. The highest BCUT2D eigenvalue weighted by Gasteiger charge is 2.28. The molecule has 1 saturated heterocycles. The number of carbonyl (C=O) groups excluding carboxylic acids is 2. The number of carbonyl (C=O) groups is 2. The van der Waals surface area contributed by atoms with E-state index in [-0.39, 0.29) is 40.7 Å². The first-order valence-electron chi connectivity index (χ1n) is 10.1. The zero-order valence-electron chi connectivity index (χ0n) is 18.6. The number of ether oxygens (including phenoxy) is 4. The summed E-state index contributed by atoms with van der Waals surface area (Å²) < 4.78 is 48.0. The van der Waals surface area contributed by atoms with Gasteiger partial charge < -0.3 is 24.3 Å². The van der Waals surface area contributed by atoms with Crippen molar-refractivity contribution in [3.8, 4) is 11.5 Å². The summed E-state index contributed by atoms with van der Waals surface area (Å²) in [7, 11) is -0.937. The maximum atomic E-state index is 13.0. The molecule has 2 aromatic carbocycles. The van der Waals surface area contributed by atoms with Crippen LogP contribution in [0.1, 0.15) is 15.9 Å². The van der Waals surface area contributed by atoms with Gasteiger partial charge in [-0.25, -0.2) is 13.2 Å². The molecule has 1 heterocycles. The predicted molar refractivity (Wildman–Crippen MR) is 119 cm³/mol. The molecule has 0 saturated carbocycles. The van der Waals surface area contributed by atoms with Crippen molar-refractivity contribution in [1.82, 2.24) is 4.31 Å². The van der Waals surface area contributed by atoms with Crippen LogP contribution < -0.4 is 14.8 Å². The van der Waals surface area contributed by atoms with Gasteiger partial charge in [0.05, 0.1) is 32.3 Å². The molecule has 0 radical (unpaired) electrons. The number of rotatable bonds is 8. The minimum absolute atomic E-state index is 0.0597. The number of hydrogen-bond donors (Lipinski definition) is 1. The smallest absolute Gasteiger partial charge is 0.346 e. The van der Waals surface area contributed by atoms with Crippen LogP contribution in [0, 0.1) is 6.92 Å². The largest absolute Gasteiger partial charge is 0.496 e. The standard InChI is InChI=1S/C22H26N2O8S/c1-15-7-8-16(13-19(15)33(27,28)24-9-11-31-12-10-24)23-20(25)14-32-22(26)21-17(29-2)5-4-6-18(21)30-3/h4-8,13H,9-12,14H2,1-3H3,(H,23,25). The van der Waals surface area contributed by atoms with Crippen LogP contribution in [-0.4, -0.2) is 71.7 Å². The van der Waals surface area contributed by atoms with Gasteiger partial charge in [-0.2, -0.15) is 4.31 Å². The van der Waals surface area contributed by atoms with Gasteiger partial charge in [0.2, 0.25) is 10.0 Å². The quantitative estimate of drug-likeness (QED) is 0.571. The van der Waals surface area contributed by atoms with Crippen LogP contribution in [0.5, 0.6) is 11.5 Å². The second-order valence-electron chi connectivity index (χ2n) is 7.16. The first-order valence-corrected chi connectivity index (χ1v) is 11.6. The molecule has 1 aliphatic rings. The number of esters is 1. The summed E-state index contributed by atoms with van der Waals surface area (Å²) in [4.78, 5) is 25.0. The van der Waals surface area contributed by atoms with Gasteiger partial charge in [0.1, 0.15) is 17.1 Å². The van der Waals surface area contributed by atoms with Crippen LogP contribution in [-0.2, 0) is 24.3 Å². The maximum Gasteiger partial charge on any atom is 0.346 e. The summed E-state index contributed by atoms with van der Waals surface area (Å²) in [6.45, 7) is 2.29. The van der Waals surface area contributed by atoms with Crippen LogP contribution in [0.2, 0.25) is 0 Å². The second-order valence-corrected chi connectivity index (χ2v) is 9.06. The van der Waals surface area contributed by atoms with Gasteiger partial charge in [0, 0.05) is 18.8 Å². The first-order chi connectivity index (χ1) is 15.8. The Morgan fingerprint density at radius 2 is 1.70 bits per heavy atom. The molecule has 0 bridgehead atoms. The Hall–Kier alpha value is -3.15. The number of nitrogens with one attached hydrogen (secondary N) is 1. The van der Waals surface area contributed by atoms with E-state index in [2.05, 4.69) is 5.32 Å². The van der Waals surface area contributed by atoms with Crippen molar-refractivity contribution in [2.75, 3.05) is 52.4 Å². The predicted octanol–water partition coefficient (Wildman–Crippen LogP) is 1.83. The first kappa shape index (κ1) is 24.5. The van der Waals surface area contributed by atoms with E-state index in [1.807, 2.05) is 0 Å². The molecule has 1 amide bonds. The van der Waals surface area contributed by atoms with Gasteiger partial charge in [-0.3, -0.25) is 4.79 Å². The van der Waals surface area contributed by atoms with Gasteiger partial charge in [0.15, 0.2) is 6.61 Å². The molecule has 1 fully saturated rings. The molecule has 0 aromatic heterocycles. The van der Waals surface area contributed by atoms with E-state index in [1.165, 1.54) is 24.6 Å². The Kier molecular flexibility index (Phi) is 7.90. The number of nitrogens with zero attached hydrogens (tertiary/aromatic N) is 1. The van der Waals surface area contributed by atoms with Gasteiger partial charge in [-0.05, 0) is 36.8 Å². The number of hydrogen-bond acceptors (Lipinski definition) is 8. The number of anilines is 1. The summed E-state index contributed by atoms with van der Waals surface area (Å²) in [5, 5.41) is 2.56. The number of methoxy groups -OCH3 is 2. The SMILES string of the molecule is COc1cccc(OC)c1C(=O)OCC(=O)Nc1ccc(C)c(S(=O)(=O)N2CCOCC2)c1. The van der Waals surface area contributed by atoms with E-state index in [1.54, 1.807) is 37.3 Å². The van der Waals surface area contributed by atoms with Gasteiger partial charge in [0.25, 0.3) is 5.91 Å². The fourth-order valence-electron chi connectivity index (χ4n) is 3.33. The molecule has 11 heteroatoms. The van der Waals surface area contributed by atoms with Crippen LogP contribution >= 0.6 is 0 Å². The summed E-state index contributed by atoms with van der Waals surface area (Å²) in [6.07, 6.45) is 0. The molecule has 0 aliphatic carbocycles. The Balaban J connectivity index is 1.69. The second kappa shape index (κ2) is 10.6. The lowest BCUT2D eigenvalue weighted by molar-refractivity contribution is -0.119. The number of amides is 1. The summed E-state index contributed by atoms with van der Waals surface area (Å²) in [5.41, 5.74) is 0.877. The molecule has 0 atom stereocenters. The lowest BCUT2D eigenvalue weighted by Crippen LogP contribution is -2.40. The number of aryl methyl sites for hydroxylation is 1. The average molecular weight is 479 g/mol. The maximum absolute atomic E-state index is 13.0. The monoisotopic (exact) mass is 478 g/mol. The van der Waals surface area contributed by atoms with Crippen LogP contribution in [0.15, 0.2) is 41.3 Å². The molecule has 0 unspecified atom stereocenters. The molecule has 10 nitrogen and oxygen atoms in total. The van der Waals surface area contributed by atoms with Crippen molar-refractivity contribution in [2.24, 2.45) is 0 Å². The lowest BCUT2D eigenvalue weighted by atomic mass is 10.2. The average Bonchev–Trinajstić information content (AvgIpc) is 2.83. The molecule has 1 aliphatic heterocycles. The molecule has 1 N–H and O–H groups in total. The minimum atomic E-state index is -3.74. The Labute approximate surface area is 192 Å². The molecule has 3 rings (SSSR count). The Bertz CT molecular complexity index is 1100. The van der Waals surface area contributed by atoms with Crippen molar-refractivity contribution < 1.29 is 37.0 Å². The minimum Gasteiger partial charge on any atom is -0.496 e. The molecule has 0 spiro atoms. The summed E-state index contributed by atoms with van der Waals surface area (Å²) in [5.74, 6) is -0.928. The highest BCUT2D eigenvalue weighted by Crippen LogP contribution is 2.29. The zero-order valence-corrected chi connectivity index (χ0v) is 19.4. The third kappa shape index (κ3) is 5.62. The number of morpholine rings is 1. The van der Waals surface area contributed by atoms with Crippen molar-refractivity contribution >= 4 is 27.6 Å². The van der Waals surface area contributed by atoms with Gasteiger partial charge in [-0.1, -0.05) is 12.1 Å². The lowest BCUT2D eigenvalue weighted by Gasteiger charge is -2.26. The van der Waals surface area contributed by atoms with Crippen molar-refractivity contribution in [1.29, 1.82) is 0 Å². The molecule has 178 valence electrons.